The van der Waals surface area contributed by atoms with Gasteiger partial charge in [0.1, 0.15) is 21.3 Å². The standard InChI is InChI=1S/C14H10N2O10S2.Na.H/c15-3-1-5(27(21,22)23)11(17)9-7(3)13(19)10-8(14(9)20)4(16)2-6(12(10)18)28(24,25)26;;/h1-2,17-18H,15-16H2,(H,21,22,23)(H,24,25,26);;. The van der Waals surface area contributed by atoms with Crippen molar-refractivity contribution in [2.75, 3.05) is 11.5 Å². The Morgan fingerprint density at radius 1 is 0.655 bits per heavy atom. The molecule has 15 heteroatoms. The fraction of sp³-hybridized carbons (Fsp3) is 0. The van der Waals surface area contributed by atoms with E-state index < -0.39 is 86.7 Å². The van der Waals surface area contributed by atoms with Crippen LogP contribution >= 0.6 is 0 Å². The summed E-state index contributed by atoms with van der Waals surface area (Å²) in [5.74, 6) is -5.11. The zero-order chi connectivity index (χ0) is 21.3. The zero-order valence-corrected chi connectivity index (χ0v) is 15.0. The molecule has 12 nitrogen and oxygen atoms in total. The van der Waals surface area contributed by atoms with Crippen molar-refractivity contribution >= 4 is 72.7 Å². The van der Waals surface area contributed by atoms with E-state index in [4.69, 9.17) is 20.6 Å². The third-order valence-corrected chi connectivity index (χ3v) is 5.79. The molecule has 0 saturated heterocycles. The van der Waals surface area contributed by atoms with Crippen molar-refractivity contribution in [2.24, 2.45) is 0 Å². The second-order valence-electron chi connectivity index (χ2n) is 5.73. The predicted octanol–water partition coefficient (Wildman–Crippen LogP) is -1.12. The SMILES string of the molecule is Nc1cc(S(=O)(=O)O)c(O)c2c1C(=O)c1c(O)c(S(=O)(=O)O)cc(N)c1C2=O.[NaH]. The molecule has 150 valence electrons. The van der Waals surface area contributed by atoms with Crippen LogP contribution in [0.1, 0.15) is 31.8 Å². The van der Waals surface area contributed by atoms with Crippen molar-refractivity contribution in [3.63, 3.8) is 0 Å². The van der Waals surface area contributed by atoms with E-state index in [1.807, 2.05) is 0 Å². The molecule has 0 unspecified atom stereocenters. The van der Waals surface area contributed by atoms with Gasteiger partial charge in [-0.15, -0.1) is 0 Å². The molecule has 0 atom stereocenters. The molecule has 2 aromatic rings. The van der Waals surface area contributed by atoms with Crippen LogP contribution in [0.25, 0.3) is 0 Å². The van der Waals surface area contributed by atoms with Gasteiger partial charge in [0, 0.05) is 11.4 Å². The average molecular weight is 454 g/mol. The molecule has 0 fully saturated rings. The van der Waals surface area contributed by atoms with Crippen LogP contribution in [0.5, 0.6) is 11.5 Å². The summed E-state index contributed by atoms with van der Waals surface area (Å²) in [5, 5.41) is 20.3. The third kappa shape index (κ3) is 3.38. The van der Waals surface area contributed by atoms with Gasteiger partial charge in [-0.1, -0.05) is 0 Å². The van der Waals surface area contributed by atoms with Crippen molar-refractivity contribution in [2.45, 2.75) is 9.79 Å². The molecule has 0 amide bonds. The normalized spacial score (nSPS) is 13.4. The van der Waals surface area contributed by atoms with Crippen molar-refractivity contribution in [1.82, 2.24) is 0 Å². The fourth-order valence-corrected chi connectivity index (χ4v) is 4.15. The molecular weight excluding hydrogens is 443 g/mol. The van der Waals surface area contributed by atoms with E-state index in [2.05, 4.69) is 0 Å². The van der Waals surface area contributed by atoms with Crippen molar-refractivity contribution < 1.29 is 45.7 Å². The van der Waals surface area contributed by atoms with Crippen molar-refractivity contribution in [3.05, 3.63) is 34.4 Å². The molecule has 0 radical (unpaired) electrons. The number of hydrogen-bond donors (Lipinski definition) is 6. The number of phenolic OH excluding ortho intramolecular Hbond substituents is 2. The second kappa shape index (κ2) is 6.94. The number of carbonyl (C=O) groups excluding carboxylic acids is 2. The van der Waals surface area contributed by atoms with Gasteiger partial charge in [0.15, 0.2) is 0 Å². The van der Waals surface area contributed by atoms with E-state index in [0.29, 0.717) is 12.1 Å². The molecule has 0 heterocycles. The number of aromatic hydroxyl groups is 2. The Labute approximate surface area is 184 Å². The number of nitrogen functional groups attached to an aromatic ring is 2. The first kappa shape index (κ1) is 23.1. The molecule has 2 aromatic carbocycles. The van der Waals surface area contributed by atoms with Gasteiger partial charge in [0.25, 0.3) is 20.2 Å². The van der Waals surface area contributed by atoms with Crippen LogP contribution in [0.4, 0.5) is 11.4 Å². The van der Waals surface area contributed by atoms with Gasteiger partial charge in [-0.25, -0.2) is 0 Å². The number of nitrogens with two attached hydrogens (primary N) is 2. The fourth-order valence-electron chi connectivity index (χ4n) is 2.91. The van der Waals surface area contributed by atoms with Gasteiger partial charge in [0.05, 0.1) is 22.3 Å². The second-order valence-corrected chi connectivity index (χ2v) is 8.51. The first-order chi connectivity index (χ1) is 12.7. The van der Waals surface area contributed by atoms with E-state index in [0.717, 1.165) is 0 Å². The van der Waals surface area contributed by atoms with Crippen LogP contribution < -0.4 is 11.5 Å². The number of phenols is 2. The van der Waals surface area contributed by atoms with E-state index in [-0.39, 0.29) is 29.6 Å². The van der Waals surface area contributed by atoms with Gasteiger partial charge in [0.2, 0.25) is 11.6 Å². The van der Waals surface area contributed by atoms with Gasteiger partial charge in [-0.05, 0) is 12.1 Å². The van der Waals surface area contributed by atoms with Crippen LogP contribution in [-0.2, 0) is 20.2 Å². The summed E-state index contributed by atoms with van der Waals surface area (Å²) in [6.07, 6.45) is 0. The van der Waals surface area contributed by atoms with Crippen LogP contribution in [0, 0.1) is 0 Å². The van der Waals surface area contributed by atoms with Crippen LogP contribution in [0.3, 0.4) is 0 Å². The van der Waals surface area contributed by atoms with E-state index in [9.17, 15) is 36.6 Å². The summed E-state index contributed by atoms with van der Waals surface area (Å²) in [5.41, 5.74) is 6.54. The Morgan fingerprint density at radius 2 is 0.931 bits per heavy atom. The Morgan fingerprint density at radius 3 is 1.17 bits per heavy atom. The topological polar surface area (TPSA) is 235 Å². The molecule has 0 aliphatic heterocycles. The molecule has 1 aliphatic rings. The Kier molecular flexibility index (Phi) is 5.53. The number of fused-ring (bicyclic) bond motifs is 2. The summed E-state index contributed by atoms with van der Waals surface area (Å²) in [7, 11) is -10.1. The molecule has 29 heavy (non-hydrogen) atoms. The van der Waals surface area contributed by atoms with Gasteiger partial charge in [-0.3, -0.25) is 18.7 Å². The Bertz CT molecular complexity index is 1230. The minimum absolute atomic E-state index is 0. The van der Waals surface area contributed by atoms with Gasteiger partial charge >= 0.3 is 29.6 Å². The van der Waals surface area contributed by atoms with E-state index in [1.54, 1.807) is 0 Å². The molecule has 0 saturated carbocycles. The van der Waals surface area contributed by atoms with Gasteiger partial charge in [-0.2, -0.15) is 16.8 Å². The van der Waals surface area contributed by atoms with Crippen LogP contribution in [0.2, 0.25) is 0 Å². The quantitative estimate of drug-likeness (QED) is 0.117. The van der Waals surface area contributed by atoms with Gasteiger partial charge < -0.3 is 21.7 Å². The van der Waals surface area contributed by atoms with Crippen LogP contribution in [-0.4, -0.2) is 77.3 Å². The van der Waals surface area contributed by atoms with Crippen molar-refractivity contribution in [1.29, 1.82) is 0 Å². The first-order valence-corrected chi connectivity index (χ1v) is 9.91. The average Bonchev–Trinajstić information content (AvgIpc) is 2.53. The molecule has 3 rings (SSSR count). The number of anilines is 2. The molecule has 0 bridgehead atoms. The van der Waals surface area contributed by atoms with E-state index >= 15 is 0 Å². The zero-order valence-electron chi connectivity index (χ0n) is 13.4. The maximum absolute atomic E-state index is 12.8. The van der Waals surface area contributed by atoms with Crippen molar-refractivity contribution in [3.8, 4) is 11.5 Å². The maximum atomic E-state index is 12.8. The number of hydrogen-bond acceptors (Lipinski definition) is 10. The Balaban J connectivity index is 0.00000300. The molecular formula is C14H11N2NaO10S2. The summed E-state index contributed by atoms with van der Waals surface area (Å²) < 4.78 is 63.9. The minimum atomic E-state index is -5.04. The molecule has 0 spiro atoms. The number of carbonyl (C=O) groups is 2. The summed E-state index contributed by atoms with van der Waals surface area (Å²) in [6.45, 7) is 0. The van der Waals surface area contributed by atoms with Crippen LogP contribution in [0.15, 0.2) is 21.9 Å². The molecule has 0 aromatic heterocycles. The summed E-state index contributed by atoms with van der Waals surface area (Å²) in [4.78, 5) is 23.3. The summed E-state index contributed by atoms with van der Waals surface area (Å²) in [6, 6.07) is 1.01. The number of benzene rings is 2. The predicted molar refractivity (Wildman–Crippen MR) is 98.7 cm³/mol. The Hall–Kier alpha value is -2.20. The third-order valence-electron chi connectivity index (χ3n) is 4.05. The monoisotopic (exact) mass is 454 g/mol. The van der Waals surface area contributed by atoms with E-state index in [1.165, 1.54) is 0 Å². The molecule has 8 N–H and O–H groups in total. The first-order valence-electron chi connectivity index (χ1n) is 7.03. The summed E-state index contributed by atoms with van der Waals surface area (Å²) >= 11 is 0. The number of ketones is 2. The number of rotatable bonds is 2. The molecule has 1 aliphatic carbocycles.